The molecule has 1 aliphatic rings. The molecule has 1 aliphatic carbocycles. The van der Waals surface area contributed by atoms with Crippen LogP contribution in [0.2, 0.25) is 0 Å². The van der Waals surface area contributed by atoms with Crippen LogP contribution in [-0.2, 0) is 4.79 Å². The number of methoxy groups -OCH3 is 2. The molecule has 10 heteroatoms. The fraction of sp³-hybridized carbons (Fsp3) is 0.375. The maximum absolute atomic E-state index is 11.8. The van der Waals surface area contributed by atoms with E-state index in [9.17, 15) is 9.59 Å². The fourth-order valence-corrected chi connectivity index (χ4v) is 2.77. The second kappa shape index (κ2) is 8.09. The van der Waals surface area contributed by atoms with Crippen LogP contribution in [0.3, 0.4) is 0 Å². The monoisotopic (exact) mass is 377 g/mol. The Morgan fingerprint density at radius 1 is 1.31 bits per heavy atom. The number of nitrogens with one attached hydrogen (secondary N) is 3. The van der Waals surface area contributed by atoms with Gasteiger partial charge >= 0.3 is 6.03 Å². The molecule has 0 aliphatic heterocycles. The predicted octanol–water partition coefficient (Wildman–Crippen LogP) is 1.57. The number of amides is 3. The molecule has 1 saturated carbocycles. The van der Waals surface area contributed by atoms with E-state index in [-0.39, 0.29) is 11.8 Å². The number of hydrogen-bond donors (Lipinski definition) is 3. The number of aromatic nitrogens is 3. The molecule has 3 rings (SSSR count). The summed E-state index contributed by atoms with van der Waals surface area (Å²) in [5, 5.41) is 12.3. The summed E-state index contributed by atoms with van der Waals surface area (Å²) in [7, 11) is 3.13. The summed E-state index contributed by atoms with van der Waals surface area (Å²) in [5.41, 5.74) is 0.723. The number of carbonyl (C=O) groups is 2. The van der Waals surface area contributed by atoms with Crippen LogP contribution in [0, 0.1) is 0 Å². The first-order chi connectivity index (χ1) is 12.6. The number of thioether (sulfide) groups is 1. The Hall–Kier alpha value is -2.75. The Labute approximate surface area is 154 Å². The van der Waals surface area contributed by atoms with E-state index in [0.717, 1.165) is 30.2 Å². The van der Waals surface area contributed by atoms with E-state index in [1.54, 1.807) is 26.4 Å². The van der Waals surface area contributed by atoms with Crippen molar-refractivity contribution in [3.05, 3.63) is 18.2 Å². The molecule has 0 atom stereocenters. The zero-order chi connectivity index (χ0) is 18.5. The van der Waals surface area contributed by atoms with Gasteiger partial charge < -0.3 is 14.8 Å². The van der Waals surface area contributed by atoms with Gasteiger partial charge in [0.2, 0.25) is 11.1 Å². The molecule has 1 aromatic carbocycles. The van der Waals surface area contributed by atoms with Gasteiger partial charge in [-0.25, -0.2) is 9.78 Å². The molecule has 26 heavy (non-hydrogen) atoms. The van der Waals surface area contributed by atoms with E-state index in [1.165, 1.54) is 0 Å². The van der Waals surface area contributed by atoms with Gasteiger partial charge in [-0.3, -0.25) is 15.2 Å². The number of hydrogen-bond acceptors (Lipinski definition) is 7. The van der Waals surface area contributed by atoms with E-state index in [0.29, 0.717) is 22.5 Å². The third-order valence-electron chi connectivity index (χ3n) is 3.63. The van der Waals surface area contributed by atoms with Gasteiger partial charge in [-0.2, -0.15) is 0 Å². The topological polar surface area (TPSA) is 118 Å². The second-order valence-corrected chi connectivity index (χ2v) is 6.56. The Bertz CT molecular complexity index is 806. The predicted molar refractivity (Wildman–Crippen MR) is 95.3 cm³/mol. The molecule has 138 valence electrons. The van der Waals surface area contributed by atoms with Gasteiger partial charge in [0.05, 0.1) is 25.5 Å². The first-order valence-electron chi connectivity index (χ1n) is 7.97. The van der Waals surface area contributed by atoms with E-state index < -0.39 is 11.9 Å². The van der Waals surface area contributed by atoms with Crippen molar-refractivity contribution in [2.45, 2.75) is 24.0 Å². The summed E-state index contributed by atoms with van der Waals surface area (Å²) < 4.78 is 10.5. The lowest BCUT2D eigenvalue weighted by atomic mass is 10.2. The summed E-state index contributed by atoms with van der Waals surface area (Å²) in [6, 6.07) is 5.08. The van der Waals surface area contributed by atoms with Gasteiger partial charge in [0.1, 0.15) is 11.5 Å². The zero-order valence-electron chi connectivity index (χ0n) is 14.4. The normalized spacial score (nSPS) is 13.2. The van der Waals surface area contributed by atoms with Gasteiger partial charge in [0.15, 0.2) is 5.82 Å². The van der Waals surface area contributed by atoms with Gasteiger partial charge in [-0.15, -0.1) is 5.10 Å². The number of carbonyl (C=O) groups excluding carboxylic acids is 2. The molecule has 9 nitrogen and oxygen atoms in total. The molecule has 2 aromatic rings. The lowest BCUT2D eigenvalue weighted by molar-refractivity contribution is -0.117. The first-order valence-corrected chi connectivity index (χ1v) is 8.95. The molecule has 3 N–H and O–H groups in total. The van der Waals surface area contributed by atoms with Crippen molar-refractivity contribution in [2.24, 2.45) is 0 Å². The number of urea groups is 1. The third-order valence-corrected chi connectivity index (χ3v) is 4.47. The van der Waals surface area contributed by atoms with Crippen LogP contribution in [0.1, 0.15) is 12.8 Å². The van der Waals surface area contributed by atoms with Crippen molar-refractivity contribution in [1.82, 2.24) is 25.8 Å². The number of nitrogens with zero attached hydrogens (tertiary/aromatic N) is 2. The van der Waals surface area contributed by atoms with Crippen molar-refractivity contribution < 1.29 is 19.1 Å². The van der Waals surface area contributed by atoms with E-state index >= 15 is 0 Å². The minimum Gasteiger partial charge on any atom is -0.497 e. The van der Waals surface area contributed by atoms with Crippen molar-refractivity contribution in [3.8, 4) is 22.9 Å². The van der Waals surface area contributed by atoms with Crippen molar-refractivity contribution in [1.29, 1.82) is 0 Å². The molecule has 0 bridgehead atoms. The van der Waals surface area contributed by atoms with Gasteiger partial charge in [-0.1, -0.05) is 11.8 Å². The number of benzene rings is 1. The van der Waals surface area contributed by atoms with Gasteiger partial charge in [-0.05, 0) is 25.0 Å². The lowest BCUT2D eigenvalue weighted by Gasteiger charge is -2.07. The average molecular weight is 377 g/mol. The van der Waals surface area contributed by atoms with Crippen LogP contribution in [0.4, 0.5) is 4.79 Å². The Balaban J connectivity index is 1.57. The third kappa shape index (κ3) is 4.66. The minimum atomic E-state index is -0.461. The average Bonchev–Trinajstić information content (AvgIpc) is 3.32. The number of aromatic amines is 1. The highest BCUT2D eigenvalue weighted by Crippen LogP contribution is 2.31. The van der Waals surface area contributed by atoms with Crippen molar-refractivity contribution in [3.63, 3.8) is 0 Å². The van der Waals surface area contributed by atoms with Crippen LogP contribution in [0.25, 0.3) is 11.4 Å². The SMILES string of the molecule is COc1ccc(-c2nc(SCC(=O)NC(=O)NC3CC3)n[nH]2)c(OC)c1. The van der Waals surface area contributed by atoms with Crippen LogP contribution < -0.4 is 20.1 Å². The maximum atomic E-state index is 11.8. The second-order valence-electron chi connectivity index (χ2n) is 5.62. The lowest BCUT2D eigenvalue weighted by Crippen LogP contribution is -2.41. The Morgan fingerprint density at radius 3 is 2.81 bits per heavy atom. The standard InChI is InChI=1S/C16H19N5O4S/c1-24-10-5-6-11(12(7-10)25-2)14-19-16(21-20-14)26-8-13(22)18-15(23)17-9-3-4-9/h5-7,9H,3-4,8H2,1-2H3,(H,19,20,21)(H2,17,18,22,23). The summed E-state index contributed by atoms with van der Waals surface area (Å²) in [6.45, 7) is 0. The highest BCUT2D eigenvalue weighted by atomic mass is 32.2. The molecule has 3 amide bonds. The number of H-pyrrole nitrogens is 1. The van der Waals surface area contributed by atoms with Gasteiger partial charge in [0, 0.05) is 12.1 Å². The van der Waals surface area contributed by atoms with Crippen LogP contribution >= 0.6 is 11.8 Å². The molecular weight excluding hydrogens is 358 g/mol. The van der Waals surface area contributed by atoms with E-state index in [1.807, 2.05) is 6.07 Å². The minimum absolute atomic E-state index is 0.0368. The summed E-state index contributed by atoms with van der Waals surface area (Å²) >= 11 is 1.13. The Kier molecular flexibility index (Phi) is 5.61. The van der Waals surface area contributed by atoms with Crippen molar-refractivity contribution >= 4 is 23.7 Å². The summed E-state index contributed by atoms with van der Waals surface area (Å²) in [6.07, 6.45) is 1.93. The zero-order valence-corrected chi connectivity index (χ0v) is 15.2. The van der Waals surface area contributed by atoms with Crippen LogP contribution in [-0.4, -0.2) is 53.1 Å². The molecule has 1 heterocycles. The Morgan fingerprint density at radius 2 is 2.12 bits per heavy atom. The van der Waals surface area contributed by atoms with Gasteiger partial charge in [0.25, 0.3) is 0 Å². The quantitative estimate of drug-likeness (QED) is 0.627. The largest absolute Gasteiger partial charge is 0.497 e. The van der Waals surface area contributed by atoms with Crippen molar-refractivity contribution in [2.75, 3.05) is 20.0 Å². The van der Waals surface area contributed by atoms with E-state index in [2.05, 4.69) is 25.8 Å². The fourth-order valence-electron chi connectivity index (χ4n) is 2.17. The summed E-state index contributed by atoms with van der Waals surface area (Å²) in [4.78, 5) is 27.6. The molecule has 1 fully saturated rings. The highest BCUT2D eigenvalue weighted by molar-refractivity contribution is 7.99. The molecule has 0 unspecified atom stereocenters. The molecule has 0 spiro atoms. The number of imide groups is 1. The first kappa shape index (κ1) is 18.1. The number of ether oxygens (including phenoxy) is 2. The van der Waals surface area contributed by atoms with Crippen LogP contribution in [0.15, 0.2) is 23.4 Å². The maximum Gasteiger partial charge on any atom is 0.321 e. The highest BCUT2D eigenvalue weighted by Gasteiger charge is 2.24. The molecule has 0 radical (unpaired) electrons. The summed E-state index contributed by atoms with van der Waals surface area (Å²) in [5.74, 6) is 1.41. The molecule has 0 saturated heterocycles. The number of rotatable bonds is 7. The molecule has 1 aromatic heterocycles. The smallest absolute Gasteiger partial charge is 0.321 e. The van der Waals surface area contributed by atoms with E-state index in [4.69, 9.17) is 9.47 Å². The van der Waals surface area contributed by atoms with Crippen LogP contribution in [0.5, 0.6) is 11.5 Å². The molecular formula is C16H19N5O4S.